The van der Waals surface area contributed by atoms with E-state index in [0.717, 1.165) is 16.5 Å². The molecule has 1 aromatic heterocycles. The number of ether oxygens (including phenoxy) is 2. The quantitative estimate of drug-likeness (QED) is 0.293. The summed E-state index contributed by atoms with van der Waals surface area (Å²) in [5, 5.41) is 5.07. The van der Waals surface area contributed by atoms with E-state index in [4.69, 9.17) is 14.5 Å². The zero-order valence-electron chi connectivity index (χ0n) is 18.7. The predicted octanol–water partition coefficient (Wildman–Crippen LogP) is 5.89. The second-order valence-corrected chi connectivity index (χ2v) is 8.46. The Hall–Kier alpha value is -3.45. The zero-order chi connectivity index (χ0) is 23.4. The number of methoxy groups -OCH3 is 1. The van der Waals surface area contributed by atoms with Gasteiger partial charge in [-0.15, -0.1) is 0 Å². The van der Waals surface area contributed by atoms with Crippen molar-refractivity contribution >= 4 is 33.0 Å². The van der Waals surface area contributed by atoms with Crippen LogP contribution in [0.25, 0.3) is 22.3 Å². The number of hydrogen-bond donors (Lipinski definition) is 0. The number of fused-ring (bicyclic) bond motifs is 1. The van der Waals surface area contributed by atoms with Crippen LogP contribution in [0, 0.1) is 0 Å². The number of benzene rings is 3. The van der Waals surface area contributed by atoms with Crippen molar-refractivity contribution < 1.29 is 9.47 Å². The van der Waals surface area contributed by atoms with Gasteiger partial charge in [0.25, 0.3) is 5.56 Å². The average molecular weight is 506 g/mol. The van der Waals surface area contributed by atoms with Crippen LogP contribution in [-0.2, 0) is 0 Å². The van der Waals surface area contributed by atoms with Crippen LogP contribution in [0.2, 0.25) is 0 Å². The first kappa shape index (κ1) is 22.7. The van der Waals surface area contributed by atoms with Crippen molar-refractivity contribution in [1.82, 2.24) is 9.66 Å². The van der Waals surface area contributed by atoms with E-state index >= 15 is 0 Å². The minimum absolute atomic E-state index is 0.0165. The highest BCUT2D eigenvalue weighted by Crippen LogP contribution is 2.35. The summed E-state index contributed by atoms with van der Waals surface area (Å²) in [5.74, 6) is 1.61. The summed E-state index contributed by atoms with van der Waals surface area (Å²) in [6, 6.07) is 20.5. The summed E-state index contributed by atoms with van der Waals surface area (Å²) in [6.07, 6.45) is 2.43. The van der Waals surface area contributed by atoms with Crippen LogP contribution in [0.3, 0.4) is 0 Å². The Kier molecular flexibility index (Phi) is 6.89. The molecular formula is C26H24BrN3O3. The van der Waals surface area contributed by atoms with Gasteiger partial charge in [0.15, 0.2) is 17.3 Å². The Labute approximate surface area is 200 Å². The summed E-state index contributed by atoms with van der Waals surface area (Å²) >= 11 is 3.52. The van der Waals surface area contributed by atoms with Crippen LogP contribution in [-0.4, -0.2) is 29.1 Å². The molecule has 0 saturated carbocycles. The largest absolute Gasteiger partial charge is 0.493 e. The Morgan fingerprint density at radius 3 is 2.58 bits per heavy atom. The van der Waals surface area contributed by atoms with Gasteiger partial charge in [0, 0.05) is 15.6 Å². The molecular weight excluding hydrogens is 482 g/mol. The molecule has 0 aliphatic heterocycles. The lowest BCUT2D eigenvalue weighted by Crippen LogP contribution is -2.20. The van der Waals surface area contributed by atoms with Crippen LogP contribution in [0.4, 0.5) is 0 Å². The first-order chi connectivity index (χ1) is 16.0. The third-order valence-corrected chi connectivity index (χ3v) is 5.72. The van der Waals surface area contributed by atoms with E-state index in [9.17, 15) is 4.79 Å². The van der Waals surface area contributed by atoms with Gasteiger partial charge < -0.3 is 9.47 Å². The maximum atomic E-state index is 13.4. The predicted molar refractivity (Wildman–Crippen MR) is 136 cm³/mol. The topological polar surface area (TPSA) is 65.7 Å². The van der Waals surface area contributed by atoms with Crippen molar-refractivity contribution in [2.45, 2.75) is 26.4 Å². The van der Waals surface area contributed by atoms with Gasteiger partial charge in [0.05, 0.1) is 30.3 Å². The Bertz CT molecular complexity index is 1370. The summed E-state index contributed by atoms with van der Waals surface area (Å²) in [5.41, 5.74) is 1.85. The van der Waals surface area contributed by atoms with Crippen molar-refractivity contribution in [2.75, 3.05) is 7.11 Å². The van der Waals surface area contributed by atoms with Gasteiger partial charge in [-0.05, 0) is 37.6 Å². The number of nitrogens with zero attached hydrogens (tertiary/aromatic N) is 3. The van der Waals surface area contributed by atoms with E-state index in [2.05, 4.69) is 28.0 Å². The molecule has 168 valence electrons. The smallest absolute Gasteiger partial charge is 0.282 e. The van der Waals surface area contributed by atoms with Crippen molar-refractivity contribution in [3.05, 3.63) is 87.1 Å². The highest BCUT2D eigenvalue weighted by atomic mass is 79.9. The number of rotatable bonds is 7. The molecule has 4 rings (SSSR count). The molecule has 1 atom stereocenters. The third kappa shape index (κ3) is 4.83. The number of hydrogen-bond acceptors (Lipinski definition) is 5. The van der Waals surface area contributed by atoms with E-state index in [-0.39, 0.29) is 11.7 Å². The van der Waals surface area contributed by atoms with Gasteiger partial charge in [-0.3, -0.25) is 4.79 Å². The molecule has 0 spiro atoms. The van der Waals surface area contributed by atoms with Crippen molar-refractivity contribution in [3.8, 4) is 22.9 Å². The second kappa shape index (κ2) is 10.0. The molecule has 0 saturated heterocycles. The van der Waals surface area contributed by atoms with Gasteiger partial charge in [0.2, 0.25) is 0 Å². The highest BCUT2D eigenvalue weighted by Gasteiger charge is 2.16. The lowest BCUT2D eigenvalue weighted by molar-refractivity contribution is 0.207. The molecule has 0 unspecified atom stereocenters. The average Bonchev–Trinajstić information content (AvgIpc) is 2.84. The Morgan fingerprint density at radius 1 is 1.12 bits per heavy atom. The molecule has 3 aromatic carbocycles. The molecule has 0 aliphatic carbocycles. The van der Waals surface area contributed by atoms with Crippen LogP contribution in [0.15, 0.2) is 81.1 Å². The summed E-state index contributed by atoms with van der Waals surface area (Å²) < 4.78 is 13.8. The van der Waals surface area contributed by atoms with Gasteiger partial charge in [-0.2, -0.15) is 9.78 Å². The monoisotopic (exact) mass is 505 g/mol. The van der Waals surface area contributed by atoms with Gasteiger partial charge in [-0.25, -0.2) is 4.98 Å². The third-order valence-electron chi connectivity index (χ3n) is 5.26. The van der Waals surface area contributed by atoms with Crippen molar-refractivity contribution in [1.29, 1.82) is 0 Å². The molecule has 0 N–H and O–H groups in total. The maximum Gasteiger partial charge on any atom is 0.282 e. The fourth-order valence-corrected chi connectivity index (χ4v) is 3.83. The SMILES string of the molecule is CC[C@H](C)Oc1c(C=Nn2c(-c3ccccc3)nc3ccccc3c2=O)cc(Br)cc1OC. The summed E-state index contributed by atoms with van der Waals surface area (Å²) in [7, 11) is 1.59. The normalized spacial score (nSPS) is 12.2. The molecule has 6 nitrogen and oxygen atoms in total. The molecule has 0 aliphatic rings. The summed E-state index contributed by atoms with van der Waals surface area (Å²) in [4.78, 5) is 18.1. The molecule has 0 radical (unpaired) electrons. The van der Waals surface area contributed by atoms with E-state index in [1.165, 1.54) is 4.68 Å². The molecule has 1 heterocycles. The van der Waals surface area contributed by atoms with Crippen molar-refractivity contribution in [3.63, 3.8) is 0 Å². The number of aromatic nitrogens is 2. The molecule has 0 amide bonds. The first-order valence-corrected chi connectivity index (χ1v) is 11.5. The fraction of sp³-hybridized carbons (Fsp3) is 0.192. The van der Waals surface area contributed by atoms with E-state index < -0.39 is 0 Å². The highest BCUT2D eigenvalue weighted by molar-refractivity contribution is 9.10. The van der Waals surface area contributed by atoms with Crippen LogP contribution in [0.5, 0.6) is 11.5 Å². The molecule has 0 fully saturated rings. The molecule has 7 heteroatoms. The molecule has 33 heavy (non-hydrogen) atoms. The number of para-hydroxylation sites is 1. The maximum absolute atomic E-state index is 13.4. The van der Waals surface area contributed by atoms with Crippen LogP contribution >= 0.6 is 15.9 Å². The second-order valence-electron chi connectivity index (χ2n) is 7.54. The lowest BCUT2D eigenvalue weighted by atomic mass is 10.2. The fourth-order valence-electron chi connectivity index (χ4n) is 3.37. The minimum Gasteiger partial charge on any atom is -0.493 e. The number of halogens is 1. The summed E-state index contributed by atoms with van der Waals surface area (Å²) in [6.45, 7) is 4.05. The van der Waals surface area contributed by atoms with Crippen molar-refractivity contribution in [2.24, 2.45) is 5.10 Å². The molecule has 4 aromatic rings. The van der Waals surface area contributed by atoms with E-state index in [1.807, 2.05) is 67.6 Å². The van der Waals surface area contributed by atoms with Crippen LogP contribution < -0.4 is 15.0 Å². The van der Waals surface area contributed by atoms with E-state index in [1.54, 1.807) is 19.4 Å². The minimum atomic E-state index is -0.248. The van der Waals surface area contributed by atoms with E-state index in [0.29, 0.717) is 33.8 Å². The standard InChI is InChI=1S/C26H24BrN3O3/c1-4-17(2)33-24-19(14-20(27)15-23(24)32-3)16-28-30-25(18-10-6-5-7-11-18)29-22-13-9-8-12-21(22)26(30)31/h5-17H,4H2,1-3H3/t17-/m0/s1. The van der Waals surface area contributed by atoms with Gasteiger partial charge in [-0.1, -0.05) is 65.3 Å². The lowest BCUT2D eigenvalue weighted by Gasteiger charge is -2.18. The zero-order valence-corrected chi connectivity index (χ0v) is 20.2. The van der Waals surface area contributed by atoms with Gasteiger partial charge >= 0.3 is 0 Å². The Morgan fingerprint density at radius 2 is 1.85 bits per heavy atom. The molecule has 0 bridgehead atoms. The Balaban J connectivity index is 1.91. The van der Waals surface area contributed by atoms with Gasteiger partial charge in [0.1, 0.15) is 0 Å². The first-order valence-electron chi connectivity index (χ1n) is 10.7. The van der Waals surface area contributed by atoms with Crippen LogP contribution in [0.1, 0.15) is 25.8 Å².